The SMILES string of the molecule is C=CCCC(=O)N1C[C@@H]2[C@H](CNC(=O)c3nc[nH]c3C)[C@H]3CC[C@]2(C1)O3. The van der Waals surface area contributed by atoms with Crippen LogP contribution in [0.15, 0.2) is 19.0 Å². The first kappa shape index (κ1) is 17.3. The summed E-state index contributed by atoms with van der Waals surface area (Å²) >= 11 is 0. The number of hydrogen-bond donors (Lipinski definition) is 2. The minimum Gasteiger partial charge on any atom is -0.369 e. The van der Waals surface area contributed by atoms with E-state index in [-0.39, 0.29) is 29.4 Å². The zero-order chi connectivity index (χ0) is 18.3. The van der Waals surface area contributed by atoms with Gasteiger partial charge in [-0.1, -0.05) is 6.08 Å². The summed E-state index contributed by atoms with van der Waals surface area (Å²) in [5.41, 5.74) is 1.01. The summed E-state index contributed by atoms with van der Waals surface area (Å²) in [4.78, 5) is 33.7. The van der Waals surface area contributed by atoms with Gasteiger partial charge in [-0.05, 0) is 26.2 Å². The van der Waals surface area contributed by atoms with Crippen LogP contribution in [0.5, 0.6) is 0 Å². The number of carbonyl (C=O) groups is 2. The average Bonchev–Trinajstić information content (AvgIpc) is 3.37. The van der Waals surface area contributed by atoms with E-state index in [2.05, 4.69) is 21.9 Å². The number of likely N-dealkylation sites (tertiary alicyclic amines) is 1. The Labute approximate surface area is 153 Å². The fraction of sp³-hybridized carbons (Fsp3) is 0.632. The third-order valence-corrected chi connectivity index (χ3v) is 6.24. The summed E-state index contributed by atoms with van der Waals surface area (Å²) in [6.45, 7) is 7.51. The number of imidazole rings is 1. The molecule has 2 amide bonds. The molecule has 7 nitrogen and oxygen atoms in total. The topological polar surface area (TPSA) is 87.3 Å². The number of nitrogens with zero attached hydrogens (tertiary/aromatic N) is 2. The van der Waals surface area contributed by atoms with Gasteiger partial charge in [-0.3, -0.25) is 9.59 Å². The summed E-state index contributed by atoms with van der Waals surface area (Å²) in [7, 11) is 0. The van der Waals surface area contributed by atoms with Gasteiger partial charge in [0.2, 0.25) is 5.91 Å². The Bertz CT molecular complexity index is 730. The van der Waals surface area contributed by atoms with Gasteiger partial charge >= 0.3 is 0 Å². The normalized spacial score (nSPS) is 31.9. The Balaban J connectivity index is 1.41. The second-order valence-corrected chi connectivity index (χ2v) is 7.72. The van der Waals surface area contributed by atoms with E-state index in [1.165, 1.54) is 6.33 Å². The van der Waals surface area contributed by atoms with Crippen LogP contribution < -0.4 is 5.32 Å². The number of fused-ring (bicyclic) bond motifs is 1. The molecule has 0 saturated carbocycles. The fourth-order valence-corrected chi connectivity index (χ4v) is 4.92. The van der Waals surface area contributed by atoms with Crippen LogP contribution in [0.4, 0.5) is 0 Å². The molecule has 4 rings (SSSR count). The molecule has 2 N–H and O–H groups in total. The lowest BCUT2D eigenvalue weighted by Gasteiger charge is -2.29. The molecule has 4 atom stereocenters. The van der Waals surface area contributed by atoms with Gasteiger partial charge in [-0.25, -0.2) is 4.98 Å². The molecule has 0 aliphatic carbocycles. The van der Waals surface area contributed by atoms with Crippen LogP contribution >= 0.6 is 0 Å². The molecule has 1 spiro atoms. The van der Waals surface area contributed by atoms with E-state index in [4.69, 9.17) is 4.74 Å². The number of rotatable bonds is 6. The molecule has 3 saturated heterocycles. The maximum Gasteiger partial charge on any atom is 0.271 e. The van der Waals surface area contributed by atoms with Gasteiger partial charge in [-0.15, -0.1) is 6.58 Å². The van der Waals surface area contributed by atoms with Gasteiger partial charge in [-0.2, -0.15) is 0 Å². The maximum atomic E-state index is 12.4. The Morgan fingerprint density at radius 1 is 1.58 bits per heavy atom. The first-order valence-corrected chi connectivity index (χ1v) is 9.39. The Morgan fingerprint density at radius 3 is 3.15 bits per heavy atom. The van der Waals surface area contributed by atoms with E-state index >= 15 is 0 Å². The Morgan fingerprint density at radius 2 is 2.42 bits per heavy atom. The Kier molecular flexibility index (Phi) is 4.34. The molecule has 3 aliphatic heterocycles. The predicted molar refractivity (Wildman–Crippen MR) is 95.5 cm³/mol. The molecule has 0 aromatic carbocycles. The van der Waals surface area contributed by atoms with Crippen LogP contribution in [-0.4, -0.2) is 58.0 Å². The number of aromatic nitrogens is 2. The highest BCUT2D eigenvalue weighted by atomic mass is 16.5. The highest BCUT2D eigenvalue weighted by Gasteiger charge is 2.63. The molecule has 1 aromatic rings. The van der Waals surface area contributed by atoms with Crippen molar-refractivity contribution in [3.63, 3.8) is 0 Å². The minimum atomic E-state index is -0.202. The second-order valence-electron chi connectivity index (χ2n) is 7.72. The molecule has 3 fully saturated rings. The maximum absolute atomic E-state index is 12.4. The summed E-state index contributed by atoms with van der Waals surface area (Å²) in [5, 5.41) is 3.02. The summed E-state index contributed by atoms with van der Waals surface area (Å²) in [6, 6.07) is 0. The van der Waals surface area contributed by atoms with Gasteiger partial charge in [0.05, 0.1) is 24.6 Å². The number of hydrogen-bond acceptors (Lipinski definition) is 4. The lowest BCUT2D eigenvalue weighted by Crippen LogP contribution is -2.42. The molecule has 2 bridgehead atoms. The standard InChI is InChI=1S/C19H26N4O3/c1-3-4-5-16(24)23-9-14-13(15-6-7-19(14,10-23)26-15)8-20-18(25)17-12(2)21-11-22-17/h3,11,13-15H,1,4-10H2,2H3,(H,20,25)(H,21,22)/t13-,14+,15+,19+/m0/s1. The van der Waals surface area contributed by atoms with Crippen molar-refractivity contribution in [1.29, 1.82) is 0 Å². The Hall–Kier alpha value is -2.15. The van der Waals surface area contributed by atoms with Crippen LogP contribution in [0, 0.1) is 18.8 Å². The van der Waals surface area contributed by atoms with E-state index < -0.39 is 0 Å². The van der Waals surface area contributed by atoms with E-state index in [0.29, 0.717) is 37.5 Å². The van der Waals surface area contributed by atoms with Crippen LogP contribution in [0.3, 0.4) is 0 Å². The molecular weight excluding hydrogens is 332 g/mol. The number of aromatic amines is 1. The largest absolute Gasteiger partial charge is 0.369 e. The predicted octanol–water partition coefficient (Wildman–Crippen LogP) is 1.42. The highest BCUT2D eigenvalue weighted by molar-refractivity contribution is 5.93. The van der Waals surface area contributed by atoms with E-state index in [1.807, 2.05) is 11.8 Å². The summed E-state index contributed by atoms with van der Waals surface area (Å²) < 4.78 is 6.34. The molecule has 4 heterocycles. The van der Waals surface area contributed by atoms with Crippen molar-refractivity contribution in [2.75, 3.05) is 19.6 Å². The number of allylic oxidation sites excluding steroid dienone is 1. The van der Waals surface area contributed by atoms with Gasteiger partial charge < -0.3 is 19.9 Å². The molecule has 140 valence electrons. The molecule has 0 radical (unpaired) electrons. The quantitative estimate of drug-likeness (QED) is 0.753. The van der Waals surface area contributed by atoms with Crippen molar-refractivity contribution in [3.8, 4) is 0 Å². The lowest BCUT2D eigenvalue weighted by atomic mass is 9.73. The van der Waals surface area contributed by atoms with E-state index in [0.717, 1.165) is 25.1 Å². The van der Waals surface area contributed by atoms with Crippen molar-refractivity contribution < 1.29 is 14.3 Å². The third kappa shape index (κ3) is 2.74. The number of ether oxygens (including phenoxy) is 1. The van der Waals surface area contributed by atoms with Crippen molar-refractivity contribution >= 4 is 11.8 Å². The summed E-state index contributed by atoms with van der Waals surface area (Å²) in [5.74, 6) is 0.576. The van der Waals surface area contributed by atoms with E-state index in [1.54, 1.807) is 6.08 Å². The van der Waals surface area contributed by atoms with E-state index in [9.17, 15) is 9.59 Å². The number of H-pyrrole nitrogens is 1. The molecule has 7 heteroatoms. The highest BCUT2D eigenvalue weighted by Crippen LogP contribution is 2.54. The molecule has 0 unspecified atom stereocenters. The lowest BCUT2D eigenvalue weighted by molar-refractivity contribution is -0.131. The average molecular weight is 358 g/mol. The second kappa shape index (κ2) is 6.54. The van der Waals surface area contributed by atoms with Crippen molar-refractivity contribution in [3.05, 3.63) is 30.4 Å². The smallest absolute Gasteiger partial charge is 0.271 e. The fourth-order valence-electron chi connectivity index (χ4n) is 4.92. The monoisotopic (exact) mass is 358 g/mol. The third-order valence-electron chi connectivity index (χ3n) is 6.24. The van der Waals surface area contributed by atoms with Crippen molar-refractivity contribution in [1.82, 2.24) is 20.2 Å². The summed E-state index contributed by atoms with van der Waals surface area (Å²) in [6.07, 6.45) is 6.73. The number of carbonyl (C=O) groups excluding carboxylic acids is 2. The zero-order valence-corrected chi connectivity index (χ0v) is 15.2. The van der Waals surface area contributed by atoms with Crippen LogP contribution in [0.2, 0.25) is 0 Å². The van der Waals surface area contributed by atoms with Crippen molar-refractivity contribution in [2.45, 2.75) is 44.3 Å². The molecule has 26 heavy (non-hydrogen) atoms. The molecule has 3 aliphatic rings. The van der Waals surface area contributed by atoms with Crippen LogP contribution in [0.1, 0.15) is 41.9 Å². The minimum absolute atomic E-state index is 0.155. The van der Waals surface area contributed by atoms with Gasteiger partial charge in [0.1, 0.15) is 5.69 Å². The van der Waals surface area contributed by atoms with Crippen molar-refractivity contribution in [2.24, 2.45) is 11.8 Å². The van der Waals surface area contributed by atoms with Gasteiger partial charge in [0.25, 0.3) is 5.91 Å². The van der Waals surface area contributed by atoms with Crippen LogP contribution in [-0.2, 0) is 9.53 Å². The first-order chi connectivity index (χ1) is 12.5. The molecular formula is C19H26N4O3. The number of aryl methyl sites for hydroxylation is 1. The first-order valence-electron chi connectivity index (χ1n) is 9.39. The molecule has 1 aromatic heterocycles. The van der Waals surface area contributed by atoms with Crippen LogP contribution in [0.25, 0.3) is 0 Å². The van der Waals surface area contributed by atoms with Gasteiger partial charge in [0, 0.05) is 37.0 Å². The number of amides is 2. The van der Waals surface area contributed by atoms with Gasteiger partial charge in [0.15, 0.2) is 0 Å². The zero-order valence-electron chi connectivity index (χ0n) is 15.2. The number of nitrogens with one attached hydrogen (secondary N) is 2.